The number of thiazole rings is 1. The molecule has 1 heterocycles. The molecule has 0 aromatic carbocycles. The van der Waals surface area contributed by atoms with Gasteiger partial charge in [0.15, 0.2) is 5.96 Å². The predicted molar refractivity (Wildman–Crippen MR) is 103 cm³/mol. The molecule has 0 bridgehead atoms. The van der Waals surface area contributed by atoms with Crippen molar-refractivity contribution in [3.8, 4) is 0 Å². The molecule has 0 spiro atoms. The molecule has 126 valence electrons. The summed E-state index contributed by atoms with van der Waals surface area (Å²) in [6.07, 6.45) is 0.931. The quantitative estimate of drug-likeness (QED) is 0.346. The second kappa shape index (κ2) is 11.6. The first-order chi connectivity index (χ1) is 10.1. The van der Waals surface area contributed by atoms with Crippen LogP contribution >= 0.6 is 35.3 Å². The average Bonchev–Trinajstić information content (AvgIpc) is 2.94. The van der Waals surface area contributed by atoms with Crippen molar-refractivity contribution in [2.45, 2.75) is 39.7 Å². The molecule has 0 aliphatic heterocycles. The lowest BCUT2D eigenvalue weighted by atomic mass is 10.2. The van der Waals surface area contributed by atoms with E-state index in [1.165, 1.54) is 0 Å². The summed E-state index contributed by atoms with van der Waals surface area (Å²) in [5, 5.41) is 12.0. The Labute approximate surface area is 153 Å². The number of nitrogens with zero attached hydrogens (tertiary/aromatic N) is 2. The molecule has 6 nitrogen and oxygen atoms in total. The first-order valence-corrected chi connectivity index (χ1v) is 8.10. The van der Waals surface area contributed by atoms with Gasteiger partial charge in [-0.25, -0.2) is 4.98 Å². The molecule has 1 amide bonds. The van der Waals surface area contributed by atoms with Crippen molar-refractivity contribution in [1.82, 2.24) is 20.9 Å². The average molecular weight is 439 g/mol. The van der Waals surface area contributed by atoms with Gasteiger partial charge in [0, 0.05) is 19.0 Å². The highest BCUT2D eigenvalue weighted by atomic mass is 127. The van der Waals surface area contributed by atoms with Gasteiger partial charge in [-0.15, -0.1) is 35.3 Å². The third kappa shape index (κ3) is 7.92. The number of hydrogen-bond acceptors (Lipinski definition) is 4. The fourth-order valence-electron chi connectivity index (χ4n) is 1.54. The molecule has 1 rings (SSSR count). The van der Waals surface area contributed by atoms with Gasteiger partial charge in [0.25, 0.3) is 0 Å². The smallest absolute Gasteiger partial charge is 0.239 e. The summed E-state index contributed by atoms with van der Waals surface area (Å²) in [7, 11) is 1.68. The molecule has 1 aromatic rings. The number of guanidine groups is 1. The van der Waals surface area contributed by atoms with Crippen LogP contribution in [0.3, 0.4) is 0 Å². The van der Waals surface area contributed by atoms with Crippen LogP contribution in [0.1, 0.15) is 43.8 Å². The molecule has 0 unspecified atom stereocenters. The molecule has 0 aliphatic carbocycles. The first-order valence-electron chi connectivity index (χ1n) is 7.22. The zero-order valence-corrected chi connectivity index (χ0v) is 16.7. The Morgan fingerprint density at radius 3 is 2.64 bits per heavy atom. The van der Waals surface area contributed by atoms with Crippen LogP contribution in [-0.2, 0) is 11.3 Å². The van der Waals surface area contributed by atoms with Gasteiger partial charge in [-0.3, -0.25) is 9.79 Å². The number of amides is 1. The van der Waals surface area contributed by atoms with Crippen molar-refractivity contribution in [2.75, 3.05) is 20.1 Å². The summed E-state index contributed by atoms with van der Waals surface area (Å²) in [5.74, 6) is 1.01. The summed E-state index contributed by atoms with van der Waals surface area (Å²) in [4.78, 5) is 20.1. The lowest BCUT2D eigenvalue weighted by Gasteiger charge is -2.10. The Morgan fingerprint density at radius 2 is 2.09 bits per heavy atom. The lowest BCUT2D eigenvalue weighted by Crippen LogP contribution is -2.43. The Hall–Kier alpha value is -0.900. The van der Waals surface area contributed by atoms with Gasteiger partial charge in [-0.1, -0.05) is 20.8 Å². The third-order valence-corrected chi connectivity index (χ3v) is 3.65. The van der Waals surface area contributed by atoms with E-state index in [1.807, 2.05) is 6.92 Å². The molecule has 0 saturated heterocycles. The van der Waals surface area contributed by atoms with E-state index in [2.05, 4.69) is 45.2 Å². The van der Waals surface area contributed by atoms with Gasteiger partial charge in [-0.05, 0) is 12.3 Å². The van der Waals surface area contributed by atoms with E-state index in [9.17, 15) is 4.79 Å². The Balaban J connectivity index is 0.00000441. The van der Waals surface area contributed by atoms with E-state index in [0.29, 0.717) is 25.0 Å². The molecule has 8 heteroatoms. The molecular weight excluding hydrogens is 413 g/mol. The van der Waals surface area contributed by atoms with Crippen molar-refractivity contribution in [1.29, 1.82) is 0 Å². The zero-order valence-electron chi connectivity index (χ0n) is 13.6. The first kappa shape index (κ1) is 21.1. The molecular formula is C14H26IN5OS. The van der Waals surface area contributed by atoms with Crippen molar-refractivity contribution in [3.05, 3.63) is 16.1 Å². The van der Waals surface area contributed by atoms with Gasteiger partial charge in [0.2, 0.25) is 5.91 Å². The van der Waals surface area contributed by atoms with Crippen LogP contribution in [0.2, 0.25) is 0 Å². The van der Waals surface area contributed by atoms with Crippen LogP contribution < -0.4 is 16.0 Å². The third-order valence-electron chi connectivity index (χ3n) is 2.78. The standard InChI is InChI=1S/C14H25N5OS.HI/c1-5-6-16-12(20)7-17-14(15-4)18-8-13-19-11(9-21-13)10(2)3;/h9-10H,5-8H2,1-4H3,(H,16,20)(H2,15,17,18);1H. The van der Waals surface area contributed by atoms with Gasteiger partial charge >= 0.3 is 0 Å². The molecule has 0 fully saturated rings. The highest BCUT2D eigenvalue weighted by molar-refractivity contribution is 14.0. The number of aromatic nitrogens is 1. The van der Waals surface area contributed by atoms with Gasteiger partial charge in [-0.2, -0.15) is 0 Å². The van der Waals surface area contributed by atoms with Crippen LogP contribution in [0.5, 0.6) is 0 Å². The molecule has 0 atom stereocenters. The van der Waals surface area contributed by atoms with E-state index >= 15 is 0 Å². The SMILES string of the molecule is CCCNC(=O)CNC(=NC)NCc1nc(C(C)C)cs1.I. The highest BCUT2D eigenvalue weighted by Crippen LogP contribution is 2.17. The summed E-state index contributed by atoms with van der Waals surface area (Å²) >= 11 is 1.63. The number of hydrogen-bond donors (Lipinski definition) is 3. The summed E-state index contributed by atoms with van der Waals surface area (Å²) in [5.41, 5.74) is 1.11. The summed E-state index contributed by atoms with van der Waals surface area (Å²) < 4.78 is 0. The number of carbonyl (C=O) groups is 1. The monoisotopic (exact) mass is 439 g/mol. The fraction of sp³-hybridized carbons (Fsp3) is 0.643. The maximum absolute atomic E-state index is 11.5. The van der Waals surface area contributed by atoms with Crippen molar-refractivity contribution in [3.63, 3.8) is 0 Å². The minimum absolute atomic E-state index is 0. The van der Waals surface area contributed by atoms with Crippen molar-refractivity contribution < 1.29 is 4.79 Å². The zero-order chi connectivity index (χ0) is 15.7. The van der Waals surface area contributed by atoms with E-state index in [0.717, 1.165) is 17.1 Å². The molecule has 1 aromatic heterocycles. The largest absolute Gasteiger partial charge is 0.355 e. The van der Waals surface area contributed by atoms with Crippen LogP contribution in [0.15, 0.2) is 10.4 Å². The number of nitrogens with one attached hydrogen (secondary N) is 3. The minimum atomic E-state index is -0.0313. The fourth-order valence-corrected chi connectivity index (χ4v) is 2.44. The molecule has 0 aliphatic rings. The molecule has 0 radical (unpaired) electrons. The molecule has 22 heavy (non-hydrogen) atoms. The van der Waals surface area contributed by atoms with Crippen LogP contribution in [0.4, 0.5) is 0 Å². The Morgan fingerprint density at radius 1 is 1.36 bits per heavy atom. The minimum Gasteiger partial charge on any atom is -0.355 e. The van der Waals surface area contributed by atoms with Crippen LogP contribution in [0, 0.1) is 0 Å². The number of rotatable bonds is 7. The maximum atomic E-state index is 11.5. The van der Waals surface area contributed by atoms with Gasteiger partial charge in [0.05, 0.1) is 18.8 Å². The van der Waals surface area contributed by atoms with Crippen LogP contribution in [-0.4, -0.2) is 37.0 Å². The van der Waals surface area contributed by atoms with E-state index in [4.69, 9.17) is 0 Å². The second-order valence-corrected chi connectivity index (χ2v) is 5.89. The number of carbonyl (C=O) groups excluding carboxylic acids is 1. The van der Waals surface area contributed by atoms with Crippen molar-refractivity contribution >= 4 is 47.2 Å². The second-order valence-electron chi connectivity index (χ2n) is 4.95. The van der Waals surface area contributed by atoms with E-state index in [-0.39, 0.29) is 36.4 Å². The summed E-state index contributed by atoms with van der Waals surface area (Å²) in [6, 6.07) is 0. The normalized spacial score (nSPS) is 11.0. The Kier molecular flexibility index (Phi) is 11.2. The number of halogens is 1. The topological polar surface area (TPSA) is 78.4 Å². The maximum Gasteiger partial charge on any atom is 0.239 e. The van der Waals surface area contributed by atoms with Gasteiger partial charge in [0.1, 0.15) is 5.01 Å². The Bertz CT molecular complexity index is 476. The number of aliphatic imine (C=N–C) groups is 1. The summed E-state index contributed by atoms with van der Waals surface area (Å²) in [6.45, 7) is 7.79. The van der Waals surface area contributed by atoms with Crippen molar-refractivity contribution in [2.24, 2.45) is 4.99 Å². The molecule has 0 saturated carbocycles. The highest BCUT2D eigenvalue weighted by Gasteiger charge is 2.07. The van der Waals surface area contributed by atoms with E-state index < -0.39 is 0 Å². The lowest BCUT2D eigenvalue weighted by molar-refractivity contribution is -0.120. The van der Waals surface area contributed by atoms with E-state index in [1.54, 1.807) is 18.4 Å². The van der Waals surface area contributed by atoms with Crippen LogP contribution in [0.25, 0.3) is 0 Å². The van der Waals surface area contributed by atoms with Gasteiger partial charge < -0.3 is 16.0 Å². The molecule has 3 N–H and O–H groups in total. The predicted octanol–water partition coefficient (Wildman–Crippen LogP) is 2.08.